The second-order valence-corrected chi connectivity index (χ2v) is 4.58. The van der Waals surface area contributed by atoms with Crippen LogP contribution < -0.4 is 5.73 Å². The molecule has 3 unspecified atom stereocenters. The van der Waals surface area contributed by atoms with Gasteiger partial charge < -0.3 is 10.5 Å². The molecule has 3 atom stereocenters. The van der Waals surface area contributed by atoms with Crippen molar-refractivity contribution >= 4 is 0 Å². The van der Waals surface area contributed by atoms with Gasteiger partial charge in [-0.05, 0) is 38.0 Å². The van der Waals surface area contributed by atoms with E-state index in [2.05, 4.69) is 0 Å². The predicted molar refractivity (Wildman–Crippen MR) is 53.5 cm³/mol. The van der Waals surface area contributed by atoms with E-state index in [1.807, 2.05) is 0 Å². The summed E-state index contributed by atoms with van der Waals surface area (Å²) in [5.74, 6) is 0.747. The first-order valence-corrected chi connectivity index (χ1v) is 5.73. The van der Waals surface area contributed by atoms with E-state index in [-0.39, 0.29) is 0 Å². The van der Waals surface area contributed by atoms with Crippen LogP contribution in [0.5, 0.6) is 0 Å². The third-order valence-electron chi connectivity index (χ3n) is 3.56. The summed E-state index contributed by atoms with van der Waals surface area (Å²) in [6.45, 7) is 0.979. The van der Waals surface area contributed by atoms with Crippen molar-refractivity contribution in [2.75, 3.05) is 6.61 Å². The quantitative estimate of drug-likeness (QED) is 0.711. The predicted octanol–water partition coefficient (Wildman–Crippen LogP) is 2.07. The Labute approximate surface area is 80.8 Å². The van der Waals surface area contributed by atoms with Gasteiger partial charge in [0.15, 0.2) is 0 Å². The van der Waals surface area contributed by atoms with Gasteiger partial charge in [-0.25, -0.2) is 0 Å². The molecule has 2 fully saturated rings. The minimum Gasteiger partial charge on any atom is -0.378 e. The standard InChI is InChI=1S/C11H21NO/c12-11-6-2-1-4-9(11)8-10-5-3-7-13-10/h9-11H,1-8,12H2. The lowest BCUT2D eigenvalue weighted by molar-refractivity contribution is 0.0789. The Morgan fingerprint density at radius 2 is 1.92 bits per heavy atom. The first-order valence-electron chi connectivity index (χ1n) is 5.73. The van der Waals surface area contributed by atoms with Gasteiger partial charge in [-0.1, -0.05) is 12.8 Å². The Kier molecular flexibility index (Phi) is 3.23. The monoisotopic (exact) mass is 183 g/mol. The molecule has 2 N–H and O–H groups in total. The molecule has 1 heterocycles. The van der Waals surface area contributed by atoms with Gasteiger partial charge in [0.2, 0.25) is 0 Å². The van der Waals surface area contributed by atoms with Crippen molar-refractivity contribution in [1.82, 2.24) is 0 Å². The maximum absolute atomic E-state index is 6.10. The molecule has 1 saturated heterocycles. The summed E-state index contributed by atoms with van der Waals surface area (Å²) < 4.78 is 5.65. The largest absolute Gasteiger partial charge is 0.378 e. The summed E-state index contributed by atoms with van der Waals surface area (Å²) in [6.07, 6.45) is 9.57. The number of hydrogen-bond acceptors (Lipinski definition) is 2. The molecule has 2 nitrogen and oxygen atoms in total. The Morgan fingerprint density at radius 1 is 1.08 bits per heavy atom. The summed E-state index contributed by atoms with van der Waals surface area (Å²) >= 11 is 0. The third kappa shape index (κ3) is 2.44. The zero-order valence-electron chi connectivity index (χ0n) is 8.37. The fraction of sp³-hybridized carbons (Fsp3) is 1.00. The molecule has 0 spiro atoms. The molecule has 2 aliphatic rings. The van der Waals surface area contributed by atoms with Crippen LogP contribution in [0.4, 0.5) is 0 Å². The van der Waals surface area contributed by atoms with Crippen molar-refractivity contribution in [2.45, 2.75) is 57.1 Å². The highest BCUT2D eigenvalue weighted by Crippen LogP contribution is 2.30. The fourth-order valence-electron chi connectivity index (χ4n) is 2.70. The van der Waals surface area contributed by atoms with Crippen LogP contribution in [-0.4, -0.2) is 18.8 Å². The Bertz CT molecular complexity index is 154. The van der Waals surface area contributed by atoms with Crippen LogP contribution in [-0.2, 0) is 4.74 Å². The molecule has 76 valence electrons. The first-order chi connectivity index (χ1) is 6.36. The normalized spacial score (nSPS) is 40.8. The molecule has 13 heavy (non-hydrogen) atoms. The number of ether oxygens (including phenoxy) is 1. The van der Waals surface area contributed by atoms with Gasteiger partial charge in [-0.2, -0.15) is 0 Å². The number of rotatable bonds is 2. The summed E-state index contributed by atoms with van der Waals surface area (Å²) in [5, 5.41) is 0. The van der Waals surface area contributed by atoms with Crippen LogP contribution in [0.1, 0.15) is 44.9 Å². The Hall–Kier alpha value is -0.0800. The van der Waals surface area contributed by atoms with E-state index in [4.69, 9.17) is 10.5 Å². The smallest absolute Gasteiger partial charge is 0.0579 e. The molecule has 1 saturated carbocycles. The molecule has 1 aliphatic carbocycles. The van der Waals surface area contributed by atoms with E-state index in [1.54, 1.807) is 0 Å². The zero-order chi connectivity index (χ0) is 9.10. The molecule has 0 aromatic carbocycles. The van der Waals surface area contributed by atoms with Crippen molar-refractivity contribution in [3.8, 4) is 0 Å². The van der Waals surface area contributed by atoms with Crippen LogP contribution in [0.25, 0.3) is 0 Å². The van der Waals surface area contributed by atoms with Crippen molar-refractivity contribution in [3.05, 3.63) is 0 Å². The minimum absolute atomic E-state index is 0.456. The van der Waals surface area contributed by atoms with Crippen molar-refractivity contribution < 1.29 is 4.74 Å². The zero-order valence-corrected chi connectivity index (χ0v) is 8.37. The van der Waals surface area contributed by atoms with Crippen LogP contribution in [0.2, 0.25) is 0 Å². The van der Waals surface area contributed by atoms with E-state index in [1.165, 1.54) is 44.9 Å². The van der Waals surface area contributed by atoms with Gasteiger partial charge in [0.05, 0.1) is 6.10 Å². The number of hydrogen-bond donors (Lipinski definition) is 1. The molecule has 0 aromatic rings. The molecule has 2 rings (SSSR count). The fourth-order valence-corrected chi connectivity index (χ4v) is 2.70. The molecule has 0 bridgehead atoms. The second-order valence-electron chi connectivity index (χ2n) is 4.58. The lowest BCUT2D eigenvalue weighted by atomic mass is 9.81. The molecular formula is C11H21NO. The van der Waals surface area contributed by atoms with Crippen LogP contribution in [0, 0.1) is 5.92 Å². The highest BCUT2D eigenvalue weighted by molar-refractivity contribution is 4.81. The molecule has 0 radical (unpaired) electrons. The van der Waals surface area contributed by atoms with Crippen molar-refractivity contribution in [3.63, 3.8) is 0 Å². The molecule has 0 aromatic heterocycles. The summed E-state index contributed by atoms with van der Waals surface area (Å²) in [7, 11) is 0. The first kappa shape index (κ1) is 9.47. The van der Waals surface area contributed by atoms with Crippen LogP contribution in [0.15, 0.2) is 0 Å². The van der Waals surface area contributed by atoms with E-state index >= 15 is 0 Å². The summed E-state index contributed by atoms with van der Waals surface area (Å²) in [5.41, 5.74) is 6.10. The average Bonchev–Trinajstić information content (AvgIpc) is 2.61. The van der Waals surface area contributed by atoms with Crippen LogP contribution >= 0.6 is 0 Å². The summed E-state index contributed by atoms with van der Waals surface area (Å²) in [6, 6.07) is 0.456. The lowest BCUT2D eigenvalue weighted by Crippen LogP contribution is -2.35. The topological polar surface area (TPSA) is 35.2 Å². The highest BCUT2D eigenvalue weighted by Gasteiger charge is 2.26. The van der Waals surface area contributed by atoms with Crippen molar-refractivity contribution in [1.29, 1.82) is 0 Å². The molecule has 1 aliphatic heterocycles. The van der Waals surface area contributed by atoms with E-state index in [0.717, 1.165) is 12.5 Å². The highest BCUT2D eigenvalue weighted by atomic mass is 16.5. The average molecular weight is 183 g/mol. The number of nitrogens with two attached hydrogens (primary N) is 1. The van der Waals surface area contributed by atoms with Gasteiger partial charge in [0.25, 0.3) is 0 Å². The van der Waals surface area contributed by atoms with E-state index in [9.17, 15) is 0 Å². The van der Waals surface area contributed by atoms with Crippen molar-refractivity contribution in [2.24, 2.45) is 11.7 Å². The van der Waals surface area contributed by atoms with Gasteiger partial charge >= 0.3 is 0 Å². The van der Waals surface area contributed by atoms with Gasteiger partial charge in [-0.15, -0.1) is 0 Å². The minimum atomic E-state index is 0.456. The molecule has 0 amide bonds. The van der Waals surface area contributed by atoms with Crippen LogP contribution in [0.3, 0.4) is 0 Å². The van der Waals surface area contributed by atoms with E-state index < -0.39 is 0 Å². The van der Waals surface area contributed by atoms with Gasteiger partial charge in [0.1, 0.15) is 0 Å². The molecule has 2 heteroatoms. The third-order valence-corrected chi connectivity index (χ3v) is 3.56. The van der Waals surface area contributed by atoms with Gasteiger partial charge in [0, 0.05) is 12.6 Å². The maximum Gasteiger partial charge on any atom is 0.0579 e. The summed E-state index contributed by atoms with van der Waals surface area (Å²) in [4.78, 5) is 0. The maximum atomic E-state index is 6.10. The SMILES string of the molecule is NC1CCCCC1CC1CCCO1. The van der Waals surface area contributed by atoms with E-state index in [0.29, 0.717) is 12.1 Å². The Morgan fingerprint density at radius 3 is 2.62 bits per heavy atom. The Balaban J connectivity index is 1.78. The molecular weight excluding hydrogens is 162 g/mol. The second kappa shape index (κ2) is 4.43. The lowest BCUT2D eigenvalue weighted by Gasteiger charge is -2.30. The van der Waals surface area contributed by atoms with Gasteiger partial charge in [-0.3, -0.25) is 0 Å².